The number of nitrogens with one attached hydrogen (secondary N) is 1. The van der Waals surface area contributed by atoms with E-state index in [9.17, 15) is 9.59 Å². The first kappa shape index (κ1) is 19.5. The van der Waals surface area contributed by atoms with Gasteiger partial charge in [0.15, 0.2) is 0 Å². The van der Waals surface area contributed by atoms with Crippen LogP contribution in [0.4, 0.5) is 5.69 Å². The predicted octanol–water partition coefficient (Wildman–Crippen LogP) is 4.48. The number of hydrogen-bond donors (Lipinski definition) is 1. The number of nitrogens with zero attached hydrogens (tertiary/aromatic N) is 1. The maximum absolute atomic E-state index is 13.3. The van der Waals surface area contributed by atoms with Gasteiger partial charge >= 0.3 is 0 Å². The first-order valence-electron chi connectivity index (χ1n) is 9.87. The molecule has 1 aliphatic heterocycles. The van der Waals surface area contributed by atoms with Crippen LogP contribution < -0.4 is 10.1 Å². The molecule has 1 aliphatic rings. The molecular formula is C25H22N2O3. The van der Waals surface area contributed by atoms with Crippen molar-refractivity contribution in [1.29, 1.82) is 0 Å². The van der Waals surface area contributed by atoms with Crippen molar-refractivity contribution in [3.05, 3.63) is 102 Å². The summed E-state index contributed by atoms with van der Waals surface area (Å²) < 4.78 is 5.68. The highest BCUT2D eigenvalue weighted by Crippen LogP contribution is 2.34. The minimum absolute atomic E-state index is 0.215. The average molecular weight is 398 g/mol. The van der Waals surface area contributed by atoms with E-state index in [0.29, 0.717) is 29.2 Å². The summed E-state index contributed by atoms with van der Waals surface area (Å²) in [7, 11) is 0. The second-order valence-corrected chi connectivity index (χ2v) is 6.85. The Morgan fingerprint density at radius 3 is 2.13 bits per heavy atom. The third-order valence-corrected chi connectivity index (χ3v) is 4.86. The molecule has 0 atom stereocenters. The quantitative estimate of drug-likeness (QED) is 0.596. The maximum Gasteiger partial charge on any atom is 0.278 e. The lowest BCUT2D eigenvalue weighted by molar-refractivity contribution is -0.137. The van der Waals surface area contributed by atoms with Crippen LogP contribution in [0.3, 0.4) is 0 Å². The fraction of sp³-hybridized carbons (Fsp3) is 0.120. The molecule has 0 radical (unpaired) electrons. The van der Waals surface area contributed by atoms with E-state index in [-0.39, 0.29) is 24.1 Å². The summed E-state index contributed by atoms with van der Waals surface area (Å²) in [5.74, 6) is -0.0397. The van der Waals surface area contributed by atoms with Crippen LogP contribution in [0.1, 0.15) is 18.1 Å². The first-order chi connectivity index (χ1) is 14.7. The van der Waals surface area contributed by atoms with Gasteiger partial charge in [0, 0.05) is 0 Å². The van der Waals surface area contributed by atoms with Gasteiger partial charge in [-0.2, -0.15) is 0 Å². The molecule has 4 rings (SSSR count). The Labute approximate surface area is 175 Å². The molecule has 0 fully saturated rings. The number of amides is 2. The van der Waals surface area contributed by atoms with Gasteiger partial charge in [0.2, 0.25) is 0 Å². The smallest absolute Gasteiger partial charge is 0.278 e. The van der Waals surface area contributed by atoms with E-state index in [1.165, 1.54) is 4.90 Å². The zero-order chi connectivity index (χ0) is 20.9. The zero-order valence-corrected chi connectivity index (χ0v) is 16.7. The van der Waals surface area contributed by atoms with Gasteiger partial charge in [-0.05, 0) is 30.2 Å². The lowest BCUT2D eigenvalue weighted by atomic mass is 10.0. The number of benzene rings is 3. The van der Waals surface area contributed by atoms with Crippen molar-refractivity contribution >= 4 is 23.1 Å². The highest BCUT2D eigenvalue weighted by Gasteiger charge is 2.39. The largest absolute Gasteiger partial charge is 0.492 e. The molecule has 1 N–H and O–H groups in total. The molecule has 0 bridgehead atoms. The van der Waals surface area contributed by atoms with Gasteiger partial charge < -0.3 is 10.1 Å². The minimum atomic E-state index is -0.353. The summed E-state index contributed by atoms with van der Waals surface area (Å²) >= 11 is 0. The molecule has 5 heteroatoms. The van der Waals surface area contributed by atoms with E-state index in [1.54, 1.807) is 0 Å². The van der Waals surface area contributed by atoms with E-state index in [1.807, 2.05) is 91.9 Å². The molecule has 0 saturated heterocycles. The van der Waals surface area contributed by atoms with E-state index >= 15 is 0 Å². The maximum atomic E-state index is 13.3. The second-order valence-electron chi connectivity index (χ2n) is 6.85. The van der Waals surface area contributed by atoms with Crippen LogP contribution in [0.5, 0.6) is 5.75 Å². The number of anilines is 1. The molecule has 2 amide bonds. The van der Waals surface area contributed by atoms with Crippen LogP contribution in [0, 0.1) is 0 Å². The number of ether oxygens (including phenoxy) is 1. The van der Waals surface area contributed by atoms with Crippen LogP contribution in [-0.4, -0.2) is 23.3 Å². The second kappa shape index (κ2) is 8.66. The molecule has 1 heterocycles. The summed E-state index contributed by atoms with van der Waals surface area (Å²) in [5, 5.41) is 3.18. The molecule has 3 aromatic rings. The van der Waals surface area contributed by atoms with Gasteiger partial charge in [0.25, 0.3) is 11.8 Å². The van der Waals surface area contributed by atoms with Crippen LogP contribution in [0.2, 0.25) is 0 Å². The van der Waals surface area contributed by atoms with Crippen LogP contribution in [0.15, 0.2) is 90.6 Å². The Kier molecular flexibility index (Phi) is 5.61. The summed E-state index contributed by atoms with van der Waals surface area (Å²) in [4.78, 5) is 27.9. The first-order valence-corrected chi connectivity index (χ1v) is 9.87. The number of carbonyl (C=O) groups is 2. The molecule has 0 aromatic heterocycles. The highest BCUT2D eigenvalue weighted by molar-refractivity contribution is 6.36. The molecule has 5 nitrogen and oxygen atoms in total. The molecule has 150 valence electrons. The lowest BCUT2D eigenvalue weighted by Crippen LogP contribution is -2.32. The summed E-state index contributed by atoms with van der Waals surface area (Å²) in [5.41, 5.74) is 2.85. The Morgan fingerprint density at radius 2 is 1.43 bits per heavy atom. The van der Waals surface area contributed by atoms with E-state index in [0.717, 1.165) is 5.56 Å². The van der Waals surface area contributed by atoms with Crippen molar-refractivity contribution in [2.24, 2.45) is 0 Å². The van der Waals surface area contributed by atoms with Gasteiger partial charge in [-0.25, -0.2) is 0 Å². The Morgan fingerprint density at radius 1 is 0.800 bits per heavy atom. The summed E-state index contributed by atoms with van der Waals surface area (Å²) in [6.45, 7) is 2.61. The standard InChI is InChI=1S/C25H22N2O3/c1-2-30-21-16-10-9-15-20(21)26-23-22(19-13-7-4-8-14-19)24(28)27(25(23)29)17-18-11-5-3-6-12-18/h3-16,26H,2,17H2,1H3. The predicted molar refractivity (Wildman–Crippen MR) is 117 cm³/mol. The lowest BCUT2D eigenvalue weighted by Gasteiger charge is -2.16. The van der Waals surface area contributed by atoms with Crippen molar-refractivity contribution in [2.75, 3.05) is 11.9 Å². The Balaban J connectivity index is 1.74. The molecule has 0 aliphatic carbocycles. The van der Waals surface area contributed by atoms with Gasteiger partial charge in [0.1, 0.15) is 11.4 Å². The van der Waals surface area contributed by atoms with E-state index in [2.05, 4.69) is 5.32 Å². The van der Waals surface area contributed by atoms with Crippen molar-refractivity contribution in [3.63, 3.8) is 0 Å². The number of hydrogen-bond acceptors (Lipinski definition) is 4. The third kappa shape index (κ3) is 3.82. The molecule has 3 aromatic carbocycles. The fourth-order valence-electron chi connectivity index (χ4n) is 3.46. The van der Waals surface area contributed by atoms with Gasteiger partial charge in [0.05, 0.1) is 24.4 Å². The number of para-hydroxylation sites is 2. The zero-order valence-electron chi connectivity index (χ0n) is 16.7. The van der Waals surface area contributed by atoms with Crippen molar-refractivity contribution < 1.29 is 14.3 Å². The Bertz CT molecular complexity index is 1090. The van der Waals surface area contributed by atoms with Gasteiger partial charge in [-0.3, -0.25) is 14.5 Å². The molecule has 30 heavy (non-hydrogen) atoms. The van der Waals surface area contributed by atoms with Crippen molar-refractivity contribution in [2.45, 2.75) is 13.5 Å². The number of imide groups is 1. The third-order valence-electron chi connectivity index (χ3n) is 4.86. The van der Waals surface area contributed by atoms with Crippen molar-refractivity contribution in [3.8, 4) is 5.75 Å². The van der Waals surface area contributed by atoms with Crippen molar-refractivity contribution in [1.82, 2.24) is 4.90 Å². The SMILES string of the molecule is CCOc1ccccc1NC1=C(c2ccccc2)C(=O)N(Cc2ccccc2)C1=O. The molecule has 0 spiro atoms. The average Bonchev–Trinajstić information content (AvgIpc) is 3.01. The minimum Gasteiger partial charge on any atom is -0.492 e. The fourth-order valence-corrected chi connectivity index (χ4v) is 3.46. The monoisotopic (exact) mass is 398 g/mol. The topological polar surface area (TPSA) is 58.6 Å². The molecule has 0 saturated carbocycles. The van der Waals surface area contributed by atoms with Crippen LogP contribution in [0.25, 0.3) is 5.57 Å². The Hall–Kier alpha value is -3.86. The van der Waals surface area contributed by atoms with E-state index < -0.39 is 0 Å². The van der Waals surface area contributed by atoms with E-state index in [4.69, 9.17) is 4.74 Å². The summed E-state index contributed by atoms with van der Waals surface area (Å²) in [6.07, 6.45) is 0. The van der Waals surface area contributed by atoms with Crippen LogP contribution >= 0.6 is 0 Å². The molecular weight excluding hydrogens is 376 g/mol. The number of carbonyl (C=O) groups excluding carboxylic acids is 2. The van der Waals surface area contributed by atoms with Gasteiger partial charge in [-0.1, -0.05) is 72.8 Å². The van der Waals surface area contributed by atoms with Gasteiger partial charge in [-0.15, -0.1) is 0 Å². The van der Waals surface area contributed by atoms with Crippen LogP contribution in [-0.2, 0) is 16.1 Å². The summed E-state index contributed by atoms with van der Waals surface area (Å²) in [6, 6.07) is 26.1. The number of rotatable bonds is 7. The molecule has 0 unspecified atom stereocenters. The highest BCUT2D eigenvalue weighted by atomic mass is 16.5. The normalized spacial score (nSPS) is 13.7.